The summed E-state index contributed by atoms with van der Waals surface area (Å²) in [6, 6.07) is 5.74. The second-order valence-corrected chi connectivity index (χ2v) is 17.8. The molecule has 2 aromatic heterocycles. The van der Waals surface area contributed by atoms with Crippen LogP contribution < -0.4 is 49.1 Å². The number of carboxylic acid groups (broad SMARTS) is 1. The third kappa shape index (κ3) is 15.8. The number of fused-ring (bicyclic) bond motifs is 2. The van der Waals surface area contributed by atoms with Crippen molar-refractivity contribution in [3.8, 4) is 0 Å². The number of aliphatic hydroxyl groups excluding tert-OH is 1. The van der Waals surface area contributed by atoms with E-state index in [0.717, 1.165) is 32.9 Å². The number of aliphatic hydroxyl groups is 1. The molecule has 22 heteroatoms. The Morgan fingerprint density at radius 3 is 1.63 bits per heavy atom. The highest BCUT2D eigenvalue weighted by molar-refractivity contribution is 7.98. The van der Waals surface area contributed by atoms with Crippen LogP contribution >= 0.6 is 11.8 Å². The summed E-state index contributed by atoms with van der Waals surface area (Å²) in [6.45, 7) is 2.67. The van der Waals surface area contributed by atoms with Gasteiger partial charge < -0.3 is 69.3 Å². The lowest BCUT2D eigenvalue weighted by molar-refractivity contribution is -0.138. The number of amides is 7. The number of para-hydroxylation sites is 2. The quantitative estimate of drug-likeness (QED) is 0.0307. The van der Waals surface area contributed by atoms with Crippen LogP contribution in [0.5, 0.6) is 0 Å². The van der Waals surface area contributed by atoms with E-state index in [2.05, 4.69) is 41.9 Å². The van der Waals surface area contributed by atoms with E-state index in [1.165, 1.54) is 11.8 Å². The maximum atomic E-state index is 13.9. The molecule has 21 nitrogen and oxygen atoms in total. The van der Waals surface area contributed by atoms with E-state index in [4.69, 9.17) is 17.2 Å². The second-order valence-electron chi connectivity index (χ2n) is 16.9. The van der Waals surface area contributed by atoms with Crippen LogP contribution in [0.4, 0.5) is 0 Å². The van der Waals surface area contributed by atoms with Crippen LogP contribution in [-0.4, -0.2) is 135 Å². The van der Waals surface area contributed by atoms with Gasteiger partial charge in [-0.3, -0.25) is 38.4 Å². The molecule has 0 spiro atoms. The van der Waals surface area contributed by atoms with Crippen molar-refractivity contribution in [3.05, 3.63) is 72.1 Å². The summed E-state index contributed by atoms with van der Waals surface area (Å²) < 4.78 is 0. The molecule has 2 aromatic carbocycles. The number of H-pyrrole nitrogens is 2. The maximum Gasteiger partial charge on any atom is 0.303 e. The number of aromatic amines is 2. The predicted octanol–water partition coefficient (Wildman–Crippen LogP) is -0.449. The van der Waals surface area contributed by atoms with E-state index >= 15 is 0 Å². The molecule has 0 saturated carbocycles. The first-order valence-electron chi connectivity index (χ1n) is 22.5. The number of carboxylic acids is 1. The van der Waals surface area contributed by atoms with Gasteiger partial charge in [-0.1, -0.05) is 50.2 Å². The molecule has 4 aromatic rings. The fraction of sp³-hybridized carbons (Fsp3) is 0.478. The van der Waals surface area contributed by atoms with Crippen molar-refractivity contribution in [1.82, 2.24) is 41.9 Å². The molecule has 7 amide bonds. The number of unbranched alkanes of at least 4 members (excludes halogenated alkanes) is 1. The number of aliphatic carboxylic acids is 1. The van der Waals surface area contributed by atoms with E-state index in [-0.39, 0.29) is 25.7 Å². The number of primary amides is 1. The smallest absolute Gasteiger partial charge is 0.303 e. The van der Waals surface area contributed by atoms with Crippen molar-refractivity contribution in [2.24, 2.45) is 23.1 Å². The average molecular weight is 964 g/mol. The number of nitrogens with one attached hydrogen (secondary N) is 8. The van der Waals surface area contributed by atoms with Crippen molar-refractivity contribution >= 4 is 80.9 Å². The van der Waals surface area contributed by atoms with Gasteiger partial charge in [0.15, 0.2) is 0 Å². The Bertz CT molecular complexity index is 2370. The lowest BCUT2D eigenvalue weighted by atomic mass is 10.0. The minimum Gasteiger partial charge on any atom is -0.481 e. The first-order chi connectivity index (χ1) is 32.5. The van der Waals surface area contributed by atoms with Crippen molar-refractivity contribution in [2.45, 2.75) is 108 Å². The first-order valence-corrected chi connectivity index (χ1v) is 23.9. The molecule has 2 heterocycles. The number of thioether (sulfide) groups is 1. The fourth-order valence-electron chi connectivity index (χ4n) is 7.52. The summed E-state index contributed by atoms with van der Waals surface area (Å²) in [5.41, 5.74) is 20.9. The Morgan fingerprint density at radius 1 is 0.632 bits per heavy atom. The standard InChI is InChI=1S/C46H65N11O10S/c1-25(2)39(46(67)55-36(40(49)61)21-27-23-51-32-13-7-5-11-29(27)32)57-45(66)37(24-58)56-44(65)35(17-19-68-3)54-43(64)34(15-16-38(59)60)53-42(63)33(14-8-9-18-47)52-41(62)30(48)20-26-22-50-31-12-6-4-10-28(26)31/h4-7,10-13,22-23,25,30,33-37,39,50-51,58H,8-9,14-21,24,47-48H2,1-3H3,(H2,49,61)(H,52,62)(H,53,63)(H,54,64)(H,55,67)(H,56,65)(H,57,66)(H,59,60)/t30-,33-,34-,35-,36-,37-,39-/m0/s1. The third-order valence-corrected chi connectivity index (χ3v) is 12.0. The van der Waals surface area contributed by atoms with Crippen LogP contribution in [0.25, 0.3) is 21.8 Å². The lowest BCUT2D eigenvalue weighted by Gasteiger charge is -2.28. The minimum atomic E-state index is -1.62. The van der Waals surface area contributed by atoms with Crippen molar-refractivity contribution in [1.29, 1.82) is 0 Å². The topological polar surface area (TPSA) is 359 Å². The van der Waals surface area contributed by atoms with Crippen molar-refractivity contribution < 1.29 is 48.6 Å². The number of hydrogen-bond donors (Lipinski definition) is 13. The number of rotatable bonds is 29. The normalized spacial score (nSPS) is 14.5. The van der Waals surface area contributed by atoms with Gasteiger partial charge in [0, 0.05) is 47.0 Å². The summed E-state index contributed by atoms with van der Waals surface area (Å²) >= 11 is 1.34. The highest BCUT2D eigenvalue weighted by Gasteiger charge is 2.34. The number of aromatic nitrogens is 2. The zero-order valence-electron chi connectivity index (χ0n) is 38.5. The number of carbonyl (C=O) groups is 8. The van der Waals surface area contributed by atoms with E-state index in [0.29, 0.717) is 25.1 Å². The van der Waals surface area contributed by atoms with Gasteiger partial charge in [0.1, 0.15) is 36.3 Å². The van der Waals surface area contributed by atoms with Crippen LogP contribution in [0.3, 0.4) is 0 Å². The zero-order chi connectivity index (χ0) is 49.9. The highest BCUT2D eigenvalue weighted by atomic mass is 32.2. The Morgan fingerprint density at radius 2 is 1.12 bits per heavy atom. The van der Waals surface area contributed by atoms with Gasteiger partial charge in [0.05, 0.1) is 12.6 Å². The number of hydrogen-bond acceptors (Lipinski definition) is 12. The molecule has 0 bridgehead atoms. The molecule has 7 atom stereocenters. The van der Waals surface area contributed by atoms with Crippen molar-refractivity contribution in [2.75, 3.05) is 25.2 Å². The molecule has 0 aliphatic heterocycles. The minimum absolute atomic E-state index is 0.00610. The van der Waals surface area contributed by atoms with Gasteiger partial charge in [0.25, 0.3) is 0 Å². The highest BCUT2D eigenvalue weighted by Crippen LogP contribution is 2.21. The van der Waals surface area contributed by atoms with Crippen molar-refractivity contribution in [3.63, 3.8) is 0 Å². The van der Waals surface area contributed by atoms with Gasteiger partial charge in [-0.05, 0) is 86.3 Å². The zero-order valence-corrected chi connectivity index (χ0v) is 39.3. The molecular formula is C46H65N11O10S. The number of carbonyl (C=O) groups excluding carboxylic acids is 7. The second kappa shape index (κ2) is 26.7. The SMILES string of the molecule is CSCC[C@H](NC(=O)[C@H](CCC(=O)O)NC(=O)[C@H](CCCCN)NC(=O)[C@@H](N)Cc1c[nH]c2ccccc12)C(=O)N[C@@H](CO)C(=O)N[C@H](C(=O)N[C@@H](Cc1c[nH]c2ccccc12)C(N)=O)C(C)C. The molecule has 16 N–H and O–H groups in total. The Hall–Kier alpha value is -6.49. The molecule has 0 aliphatic carbocycles. The van der Waals surface area contributed by atoms with Crippen LogP contribution in [0, 0.1) is 5.92 Å². The average Bonchev–Trinajstić information content (AvgIpc) is 3.92. The molecule has 0 radical (unpaired) electrons. The van der Waals surface area contributed by atoms with E-state index in [1.54, 1.807) is 32.5 Å². The maximum absolute atomic E-state index is 13.9. The van der Waals surface area contributed by atoms with Crippen LogP contribution in [0.2, 0.25) is 0 Å². The van der Waals surface area contributed by atoms with E-state index in [1.807, 2.05) is 48.5 Å². The summed E-state index contributed by atoms with van der Waals surface area (Å²) in [6.07, 6.45) is 5.50. The number of nitrogens with two attached hydrogens (primary N) is 3. The monoisotopic (exact) mass is 963 g/mol. The molecule has 370 valence electrons. The van der Waals surface area contributed by atoms with Gasteiger partial charge in [0.2, 0.25) is 41.4 Å². The number of benzene rings is 2. The van der Waals surface area contributed by atoms with Crippen LogP contribution in [-0.2, 0) is 51.2 Å². The van der Waals surface area contributed by atoms with E-state index < -0.39 is 115 Å². The lowest BCUT2D eigenvalue weighted by Crippen LogP contribution is -2.61. The molecule has 68 heavy (non-hydrogen) atoms. The first kappa shape index (κ1) is 54.1. The predicted molar refractivity (Wildman–Crippen MR) is 257 cm³/mol. The molecule has 4 rings (SSSR count). The molecule has 0 fully saturated rings. The largest absolute Gasteiger partial charge is 0.481 e. The molecule has 0 aliphatic rings. The van der Waals surface area contributed by atoms with Gasteiger partial charge >= 0.3 is 5.97 Å². The fourth-order valence-corrected chi connectivity index (χ4v) is 7.99. The van der Waals surface area contributed by atoms with Gasteiger partial charge in [-0.2, -0.15) is 11.8 Å². The summed E-state index contributed by atoms with van der Waals surface area (Å²) in [5.74, 6) is -7.26. The molecular weight excluding hydrogens is 899 g/mol. The van der Waals surface area contributed by atoms with Crippen LogP contribution in [0.15, 0.2) is 60.9 Å². The Kier molecular flexibility index (Phi) is 21.3. The van der Waals surface area contributed by atoms with Gasteiger partial charge in [-0.25, -0.2) is 0 Å². The van der Waals surface area contributed by atoms with Crippen LogP contribution in [0.1, 0.15) is 63.5 Å². The molecule has 0 unspecified atom stereocenters. The Labute approximate surface area is 398 Å². The third-order valence-electron chi connectivity index (χ3n) is 11.4. The summed E-state index contributed by atoms with van der Waals surface area (Å²) in [4.78, 5) is 113. The Balaban J connectivity index is 1.44. The van der Waals surface area contributed by atoms with Gasteiger partial charge in [-0.15, -0.1) is 0 Å². The van der Waals surface area contributed by atoms with E-state index in [9.17, 15) is 48.6 Å². The summed E-state index contributed by atoms with van der Waals surface area (Å²) in [7, 11) is 0. The molecule has 0 saturated heterocycles. The summed E-state index contributed by atoms with van der Waals surface area (Å²) in [5, 5.41) is 36.9.